The van der Waals surface area contributed by atoms with Crippen LogP contribution in [0.4, 0.5) is 0 Å². The predicted octanol–water partition coefficient (Wildman–Crippen LogP) is 6.83. The lowest BCUT2D eigenvalue weighted by atomic mass is 10.0. The van der Waals surface area contributed by atoms with Crippen LogP contribution < -0.4 is 0 Å². The van der Waals surface area contributed by atoms with Crippen LogP contribution in [0.1, 0.15) is 51.9 Å². The summed E-state index contributed by atoms with van der Waals surface area (Å²) in [6, 6.07) is 8.30. The van der Waals surface area contributed by atoms with E-state index < -0.39 is 6.04 Å². The zero-order chi connectivity index (χ0) is 19.7. The molecule has 0 aliphatic rings. The number of thioether (sulfide) groups is 3. The van der Waals surface area contributed by atoms with Gasteiger partial charge in [-0.3, -0.25) is 9.64 Å². The first-order valence-electron chi connectivity index (χ1n) is 8.71. The predicted molar refractivity (Wildman–Crippen MR) is 120 cm³/mol. The van der Waals surface area contributed by atoms with Gasteiger partial charge in [0.15, 0.2) is 0 Å². The molecule has 2 radical (unpaired) electrons. The van der Waals surface area contributed by atoms with E-state index in [1.165, 1.54) is 0 Å². The molecule has 2 nitrogen and oxygen atoms in total. The topological polar surface area (TPSA) is 21.4 Å². The van der Waals surface area contributed by atoms with Crippen molar-refractivity contribution >= 4 is 41.1 Å². The number of carbonyl (C=O) groups is 1. The summed E-state index contributed by atoms with van der Waals surface area (Å²) in [4.78, 5) is 18.5. The number of ketones is 1. The molecule has 26 heavy (non-hydrogen) atoms. The van der Waals surface area contributed by atoms with Crippen molar-refractivity contribution in [2.75, 3.05) is 0 Å². The molecular formula is C21H27NOS3. The molecule has 5 heteroatoms. The Morgan fingerprint density at radius 2 is 1.54 bits per heavy atom. The molecule has 0 amide bonds. The van der Waals surface area contributed by atoms with Gasteiger partial charge in [-0.15, -0.1) is 35.3 Å². The van der Waals surface area contributed by atoms with Crippen LogP contribution in [0.3, 0.4) is 0 Å². The third-order valence-corrected chi connectivity index (χ3v) is 6.25. The van der Waals surface area contributed by atoms with E-state index in [2.05, 4.69) is 52.1 Å². The molecule has 0 saturated heterocycles. The van der Waals surface area contributed by atoms with Crippen molar-refractivity contribution in [3.05, 3.63) is 62.9 Å². The smallest absolute Gasteiger partial charge is 0.299 e. The van der Waals surface area contributed by atoms with Crippen LogP contribution in [0, 0.1) is 12.3 Å². The first kappa shape index (κ1) is 23.2. The highest BCUT2D eigenvalue weighted by molar-refractivity contribution is 8.09. The maximum absolute atomic E-state index is 13.0. The van der Waals surface area contributed by atoms with E-state index in [4.69, 9.17) is 6.57 Å². The van der Waals surface area contributed by atoms with Crippen molar-refractivity contribution in [3.63, 3.8) is 0 Å². The second kappa shape index (κ2) is 11.8. The molecule has 0 aromatic heterocycles. The first-order chi connectivity index (χ1) is 12.3. The monoisotopic (exact) mass is 405 g/mol. The summed E-state index contributed by atoms with van der Waals surface area (Å²) in [5.41, 5.74) is 0.584. The van der Waals surface area contributed by atoms with Gasteiger partial charge in [0, 0.05) is 26.2 Å². The van der Waals surface area contributed by atoms with Crippen molar-refractivity contribution in [2.45, 2.75) is 63.3 Å². The van der Waals surface area contributed by atoms with Gasteiger partial charge in [-0.05, 0) is 0 Å². The van der Waals surface area contributed by atoms with Gasteiger partial charge in [-0.2, -0.15) is 0 Å². The quantitative estimate of drug-likeness (QED) is 0.314. The number of hydrogen-bond donors (Lipinski definition) is 0. The van der Waals surface area contributed by atoms with Crippen LogP contribution in [-0.2, 0) is 0 Å². The van der Waals surface area contributed by atoms with Crippen LogP contribution in [-0.4, -0.2) is 27.6 Å². The normalized spacial score (nSPS) is 13.7. The van der Waals surface area contributed by atoms with Crippen molar-refractivity contribution < 1.29 is 4.79 Å². The second-order valence-corrected chi connectivity index (χ2v) is 11.1. The van der Waals surface area contributed by atoms with E-state index in [0.29, 0.717) is 16.1 Å². The molecule has 0 aliphatic carbocycles. The highest BCUT2D eigenvalue weighted by Gasteiger charge is 2.33. The van der Waals surface area contributed by atoms with Gasteiger partial charge in [0.2, 0.25) is 5.78 Å². The minimum atomic E-state index is -0.814. The molecule has 1 aromatic rings. The molecule has 0 heterocycles. The Morgan fingerprint density at radius 1 is 0.962 bits per heavy atom. The molecule has 1 aromatic carbocycles. The molecule has 1 rings (SSSR count). The molecule has 1 unspecified atom stereocenters. The van der Waals surface area contributed by atoms with Crippen LogP contribution >= 0.6 is 35.3 Å². The van der Waals surface area contributed by atoms with E-state index in [9.17, 15) is 4.79 Å². The number of hydrogen-bond acceptors (Lipinski definition) is 4. The molecule has 0 saturated carbocycles. The summed E-state index contributed by atoms with van der Waals surface area (Å²) in [6.45, 7) is 20.4. The summed E-state index contributed by atoms with van der Waals surface area (Å²) in [5.74, 6) is 3.28. The zero-order valence-corrected chi connectivity index (χ0v) is 18.7. The fraction of sp³-hybridized carbons (Fsp3) is 0.476. The Morgan fingerprint density at radius 3 is 2.00 bits per heavy atom. The Kier molecular flexibility index (Phi) is 10.5. The number of carbonyl (C=O) groups excluding carboxylic acids is 1. The van der Waals surface area contributed by atoms with E-state index in [1.807, 2.05) is 18.2 Å². The minimum absolute atomic E-state index is 0.137. The molecule has 1 atom stereocenters. The number of rotatable bonds is 10. The number of benzene rings is 1. The second-order valence-electron chi connectivity index (χ2n) is 6.56. The van der Waals surface area contributed by atoms with Crippen LogP contribution in [0.15, 0.2) is 40.1 Å². The first-order valence-corrected chi connectivity index (χ1v) is 11.3. The molecule has 0 bridgehead atoms. The average molecular weight is 406 g/mol. The van der Waals surface area contributed by atoms with Crippen LogP contribution in [0.2, 0.25) is 0 Å². The maximum Gasteiger partial charge on any atom is 0.317 e. The third-order valence-electron chi connectivity index (χ3n) is 3.01. The fourth-order valence-electron chi connectivity index (χ4n) is 2.03. The molecule has 0 aliphatic heterocycles. The highest BCUT2D eigenvalue weighted by Crippen LogP contribution is 2.41. The van der Waals surface area contributed by atoms with E-state index in [0.717, 1.165) is 9.81 Å². The molecule has 140 valence electrons. The Hall–Kier alpha value is -0.830. The lowest BCUT2D eigenvalue weighted by Crippen LogP contribution is -2.21. The zero-order valence-electron chi connectivity index (χ0n) is 16.3. The SMILES string of the molecule is [C-]#[N+]C(C(=O)c1ccccc1)/C(SC(C)C)=C(\[C]SC(C)C)SC(C)C. The third kappa shape index (κ3) is 7.82. The van der Waals surface area contributed by atoms with Crippen LogP contribution in [0.5, 0.6) is 0 Å². The fourth-order valence-corrected chi connectivity index (χ4v) is 4.83. The van der Waals surface area contributed by atoms with E-state index in [-0.39, 0.29) is 11.0 Å². The van der Waals surface area contributed by atoms with Gasteiger partial charge in [-0.1, -0.05) is 71.9 Å². The van der Waals surface area contributed by atoms with Gasteiger partial charge in [0.1, 0.15) is 0 Å². The lowest BCUT2D eigenvalue weighted by Gasteiger charge is -2.18. The van der Waals surface area contributed by atoms with E-state index >= 15 is 0 Å². The largest absolute Gasteiger partial charge is 0.317 e. The van der Waals surface area contributed by atoms with Crippen LogP contribution in [0.25, 0.3) is 4.85 Å². The molecule has 0 fully saturated rings. The Labute approximate surface area is 171 Å². The van der Waals surface area contributed by atoms with Gasteiger partial charge in [-0.25, -0.2) is 6.57 Å². The summed E-state index contributed by atoms with van der Waals surface area (Å²) in [7, 11) is 0. The van der Waals surface area contributed by atoms with Gasteiger partial charge >= 0.3 is 6.04 Å². The molecule has 0 N–H and O–H groups in total. The summed E-state index contributed by atoms with van der Waals surface area (Å²) in [6.07, 6.45) is 0. The Bertz CT molecular complexity index is 645. The van der Waals surface area contributed by atoms with Gasteiger partial charge < -0.3 is 0 Å². The lowest BCUT2D eigenvalue weighted by molar-refractivity contribution is 0.0988. The summed E-state index contributed by atoms with van der Waals surface area (Å²) < 4.78 is 0. The molecule has 0 spiro atoms. The Balaban J connectivity index is 3.35. The highest BCUT2D eigenvalue weighted by atomic mass is 32.2. The standard InChI is InChI=1S/C21H27NOS3/c1-14(2)24-13-18(25-15(3)4)21(26-16(5)6)19(22-7)20(23)17-11-9-8-10-12-17/h8-12,14-16,19H,1-6H3/b21-18-. The van der Waals surface area contributed by atoms with Crippen molar-refractivity contribution in [2.24, 2.45) is 0 Å². The number of Topliss-reactive ketones (excluding diaryl/α,β-unsaturated/α-hetero) is 1. The minimum Gasteiger partial charge on any atom is -0.299 e. The van der Waals surface area contributed by atoms with Crippen molar-refractivity contribution in [3.8, 4) is 0 Å². The maximum atomic E-state index is 13.0. The van der Waals surface area contributed by atoms with Crippen molar-refractivity contribution in [1.29, 1.82) is 0 Å². The summed E-state index contributed by atoms with van der Waals surface area (Å²) in [5, 5.41) is 1.04. The van der Waals surface area contributed by atoms with Crippen molar-refractivity contribution in [1.82, 2.24) is 0 Å². The average Bonchev–Trinajstić information content (AvgIpc) is 2.58. The molecular weight excluding hydrogens is 378 g/mol. The van der Waals surface area contributed by atoms with Gasteiger partial charge in [0.05, 0.1) is 10.7 Å². The summed E-state index contributed by atoms with van der Waals surface area (Å²) >= 11 is 4.90. The van der Waals surface area contributed by atoms with Gasteiger partial charge in [0.25, 0.3) is 0 Å². The van der Waals surface area contributed by atoms with E-state index in [1.54, 1.807) is 47.4 Å². The number of nitrogens with zero attached hydrogens (tertiary/aromatic N) is 1.